The molecule has 3 nitrogen and oxygen atoms in total. The molecule has 0 atom stereocenters. The minimum Gasteiger partial charge on any atom is -0.481 e. The number of hydrogen-bond acceptors (Lipinski definition) is 3. The third kappa shape index (κ3) is 3.40. The van der Waals surface area contributed by atoms with Crippen molar-refractivity contribution in [3.63, 3.8) is 0 Å². The Morgan fingerprint density at radius 3 is 2.52 bits per heavy atom. The van der Waals surface area contributed by atoms with Crippen LogP contribution in [0.1, 0.15) is 43.7 Å². The second-order valence-electron chi connectivity index (χ2n) is 6.86. The maximum Gasteiger partial charge on any atom is 0.213 e. The number of aromatic nitrogens is 1. The summed E-state index contributed by atoms with van der Waals surface area (Å²) in [6.07, 6.45) is 6.71. The number of ether oxygens (including phenoxy) is 2. The van der Waals surface area contributed by atoms with Crippen LogP contribution in [-0.4, -0.2) is 25.8 Å². The van der Waals surface area contributed by atoms with Gasteiger partial charge in [0.15, 0.2) is 0 Å². The van der Waals surface area contributed by atoms with Gasteiger partial charge in [0.2, 0.25) is 5.88 Å². The highest BCUT2D eigenvalue weighted by molar-refractivity contribution is 5.71. The molecule has 1 fully saturated rings. The van der Waals surface area contributed by atoms with Gasteiger partial charge < -0.3 is 9.47 Å². The van der Waals surface area contributed by atoms with Crippen molar-refractivity contribution in [1.29, 1.82) is 0 Å². The molecule has 1 aromatic heterocycles. The second-order valence-corrected chi connectivity index (χ2v) is 6.86. The third-order valence-electron chi connectivity index (χ3n) is 5.37. The average Bonchev–Trinajstić information content (AvgIpc) is 3.12. The normalized spacial score (nSPS) is 16.2. The molecule has 0 spiro atoms. The first kappa shape index (κ1) is 17.9. The number of halogens is 1. The zero-order valence-electron chi connectivity index (χ0n) is 15.3. The highest BCUT2D eigenvalue weighted by atomic mass is 19.1. The monoisotopic (exact) mass is 343 g/mol. The first-order valence-corrected chi connectivity index (χ1v) is 8.96. The molecule has 25 heavy (non-hydrogen) atoms. The summed E-state index contributed by atoms with van der Waals surface area (Å²) in [6, 6.07) is 8.06. The maximum absolute atomic E-state index is 14.6. The van der Waals surface area contributed by atoms with E-state index in [-0.39, 0.29) is 11.2 Å². The Balaban J connectivity index is 2.20. The number of rotatable bonds is 6. The van der Waals surface area contributed by atoms with Crippen molar-refractivity contribution >= 4 is 0 Å². The summed E-state index contributed by atoms with van der Waals surface area (Å²) in [7, 11) is 3.30. The van der Waals surface area contributed by atoms with E-state index < -0.39 is 0 Å². The summed E-state index contributed by atoms with van der Waals surface area (Å²) >= 11 is 0. The fourth-order valence-corrected chi connectivity index (χ4v) is 4.04. The lowest BCUT2D eigenvalue weighted by atomic mass is 9.75. The van der Waals surface area contributed by atoms with E-state index in [4.69, 9.17) is 9.47 Å². The Hall–Kier alpha value is -1.94. The van der Waals surface area contributed by atoms with Gasteiger partial charge in [-0.25, -0.2) is 9.37 Å². The predicted octanol–water partition coefficient (Wildman–Crippen LogP) is 4.92. The lowest BCUT2D eigenvalue weighted by Crippen LogP contribution is -2.29. The first-order chi connectivity index (χ1) is 12.1. The van der Waals surface area contributed by atoms with Gasteiger partial charge in [-0.15, -0.1) is 0 Å². The molecule has 0 unspecified atom stereocenters. The Morgan fingerprint density at radius 1 is 1.12 bits per heavy atom. The molecular formula is C21H26FNO2. The summed E-state index contributed by atoms with van der Waals surface area (Å²) in [4.78, 5) is 3.98. The van der Waals surface area contributed by atoms with Gasteiger partial charge in [0.1, 0.15) is 5.82 Å². The Morgan fingerprint density at radius 2 is 1.88 bits per heavy atom. The molecule has 0 bridgehead atoms. The van der Waals surface area contributed by atoms with Crippen molar-refractivity contribution in [3.05, 3.63) is 47.4 Å². The fraction of sp³-hybridized carbons (Fsp3) is 0.476. The lowest BCUT2D eigenvalue weighted by molar-refractivity contribution is 0.132. The summed E-state index contributed by atoms with van der Waals surface area (Å²) in [5, 5.41) is 0. The Kier molecular flexibility index (Phi) is 5.38. The van der Waals surface area contributed by atoms with Crippen molar-refractivity contribution in [1.82, 2.24) is 4.98 Å². The molecule has 0 radical (unpaired) electrons. The lowest BCUT2D eigenvalue weighted by Gasteiger charge is -2.32. The zero-order chi connectivity index (χ0) is 17.9. The van der Waals surface area contributed by atoms with Crippen LogP contribution in [0.4, 0.5) is 4.39 Å². The Labute approximate surface area is 149 Å². The van der Waals surface area contributed by atoms with Crippen LogP contribution in [0.25, 0.3) is 11.1 Å². The van der Waals surface area contributed by atoms with Crippen molar-refractivity contribution in [3.8, 4) is 17.0 Å². The molecule has 1 aromatic carbocycles. The second kappa shape index (κ2) is 7.52. The molecule has 0 aliphatic heterocycles. The largest absolute Gasteiger partial charge is 0.481 e. The minimum atomic E-state index is -0.322. The molecule has 1 aliphatic rings. The van der Waals surface area contributed by atoms with Gasteiger partial charge in [0.25, 0.3) is 0 Å². The van der Waals surface area contributed by atoms with Gasteiger partial charge in [-0.05, 0) is 36.0 Å². The van der Waals surface area contributed by atoms with E-state index in [1.54, 1.807) is 20.3 Å². The predicted molar refractivity (Wildman–Crippen MR) is 97.6 cm³/mol. The van der Waals surface area contributed by atoms with Gasteiger partial charge >= 0.3 is 0 Å². The van der Waals surface area contributed by atoms with E-state index in [1.807, 2.05) is 6.07 Å². The number of pyridine rings is 1. The molecule has 3 rings (SSSR count). The molecule has 1 aliphatic carbocycles. The summed E-state index contributed by atoms with van der Waals surface area (Å²) in [6.45, 7) is 2.81. The molecule has 0 amide bonds. The zero-order valence-corrected chi connectivity index (χ0v) is 15.3. The number of benzene rings is 1. The summed E-state index contributed by atoms with van der Waals surface area (Å²) in [5.74, 6) is 0.103. The molecule has 134 valence electrons. The van der Waals surface area contributed by atoms with Crippen LogP contribution in [0.3, 0.4) is 0 Å². The van der Waals surface area contributed by atoms with Crippen LogP contribution >= 0.6 is 0 Å². The van der Waals surface area contributed by atoms with Crippen LogP contribution in [0, 0.1) is 5.82 Å². The van der Waals surface area contributed by atoms with Crippen LogP contribution in [0.5, 0.6) is 5.88 Å². The van der Waals surface area contributed by atoms with E-state index in [1.165, 1.54) is 30.2 Å². The van der Waals surface area contributed by atoms with Crippen LogP contribution in [0.2, 0.25) is 0 Å². The van der Waals surface area contributed by atoms with E-state index in [0.29, 0.717) is 18.1 Å². The molecule has 1 heterocycles. The van der Waals surface area contributed by atoms with E-state index >= 15 is 0 Å². The standard InChI is InChI=1S/C21H26FNO2/c1-4-15-7-8-16(17-12-20(25-3)23-13-19(17)22)18(11-15)21(14-24-2)9-5-6-10-21/h7-8,11-13H,4-6,9-10,14H2,1-3H3. The van der Waals surface area contributed by atoms with Crippen LogP contribution < -0.4 is 4.74 Å². The first-order valence-electron chi connectivity index (χ1n) is 8.96. The third-order valence-corrected chi connectivity index (χ3v) is 5.37. The smallest absolute Gasteiger partial charge is 0.213 e. The van der Waals surface area contributed by atoms with Gasteiger partial charge in [-0.2, -0.15) is 0 Å². The van der Waals surface area contributed by atoms with Crippen LogP contribution in [0.15, 0.2) is 30.5 Å². The number of aryl methyl sites for hydroxylation is 1. The molecule has 4 heteroatoms. The van der Waals surface area contributed by atoms with Crippen molar-refractivity contribution < 1.29 is 13.9 Å². The molecule has 0 saturated heterocycles. The SMILES string of the molecule is CCc1ccc(-c2cc(OC)ncc2F)c(C2(COC)CCCC2)c1. The number of nitrogens with zero attached hydrogens (tertiary/aromatic N) is 1. The van der Waals surface area contributed by atoms with Gasteiger partial charge in [-0.1, -0.05) is 38.0 Å². The Bertz CT molecular complexity index is 739. The van der Waals surface area contributed by atoms with Crippen LogP contribution in [-0.2, 0) is 16.6 Å². The highest BCUT2D eigenvalue weighted by Crippen LogP contribution is 2.46. The van der Waals surface area contributed by atoms with Gasteiger partial charge in [-0.3, -0.25) is 0 Å². The maximum atomic E-state index is 14.6. The average molecular weight is 343 g/mol. The van der Waals surface area contributed by atoms with E-state index in [2.05, 4.69) is 24.0 Å². The van der Waals surface area contributed by atoms with Gasteiger partial charge in [0, 0.05) is 24.2 Å². The quantitative estimate of drug-likeness (QED) is 0.746. The summed E-state index contributed by atoms with van der Waals surface area (Å²) < 4.78 is 25.4. The highest BCUT2D eigenvalue weighted by Gasteiger charge is 2.38. The molecule has 2 aromatic rings. The number of hydrogen-bond donors (Lipinski definition) is 0. The van der Waals surface area contributed by atoms with Crippen molar-refractivity contribution in [2.75, 3.05) is 20.8 Å². The summed E-state index contributed by atoms with van der Waals surface area (Å²) in [5.41, 5.74) is 3.89. The molecular weight excluding hydrogens is 317 g/mol. The van der Waals surface area contributed by atoms with E-state index in [0.717, 1.165) is 24.8 Å². The van der Waals surface area contributed by atoms with Crippen molar-refractivity contribution in [2.45, 2.75) is 44.4 Å². The molecule has 0 N–H and O–H groups in total. The minimum absolute atomic E-state index is 0.0434. The van der Waals surface area contributed by atoms with Crippen molar-refractivity contribution in [2.24, 2.45) is 0 Å². The topological polar surface area (TPSA) is 31.4 Å². The fourth-order valence-electron chi connectivity index (χ4n) is 4.04. The van der Waals surface area contributed by atoms with Gasteiger partial charge in [0.05, 0.1) is 19.9 Å². The van der Waals surface area contributed by atoms with E-state index in [9.17, 15) is 4.39 Å². The number of methoxy groups -OCH3 is 2. The molecule has 1 saturated carbocycles.